The zero-order valence-corrected chi connectivity index (χ0v) is 16.7. The van der Waals surface area contributed by atoms with E-state index in [2.05, 4.69) is 20.6 Å². The van der Waals surface area contributed by atoms with Gasteiger partial charge in [-0.05, 0) is 37.1 Å². The lowest BCUT2D eigenvalue weighted by Crippen LogP contribution is -2.38. The molecular weight excluding hydrogens is 378 g/mol. The van der Waals surface area contributed by atoms with Crippen molar-refractivity contribution in [2.45, 2.75) is 18.8 Å². The number of hydrogen-bond acceptors (Lipinski definition) is 6. The Balaban J connectivity index is 1.50. The van der Waals surface area contributed by atoms with E-state index in [-0.39, 0.29) is 11.8 Å². The average Bonchev–Trinajstić information content (AvgIpc) is 2.71. The van der Waals surface area contributed by atoms with E-state index in [0.29, 0.717) is 31.7 Å². The molecule has 3 heterocycles. The molecule has 3 rings (SSSR count). The maximum atomic E-state index is 12.2. The number of nitrogens with zero attached hydrogens (tertiary/aromatic N) is 3. The number of carbonyl (C=O) groups is 1. The Hall–Kier alpha value is -2.52. The van der Waals surface area contributed by atoms with Crippen LogP contribution in [0.5, 0.6) is 0 Å². The second-order valence-electron chi connectivity index (χ2n) is 6.83. The minimum absolute atomic E-state index is 0.0585. The second kappa shape index (κ2) is 9.11. The molecule has 0 unspecified atom stereocenters. The Morgan fingerprint density at radius 1 is 1.21 bits per heavy atom. The van der Waals surface area contributed by atoms with Crippen molar-refractivity contribution in [3.05, 3.63) is 54.0 Å². The van der Waals surface area contributed by atoms with E-state index < -0.39 is 10.0 Å². The van der Waals surface area contributed by atoms with Gasteiger partial charge < -0.3 is 10.6 Å². The quantitative estimate of drug-likeness (QED) is 0.678. The van der Waals surface area contributed by atoms with Crippen LogP contribution < -0.4 is 10.6 Å². The molecule has 1 fully saturated rings. The second-order valence-corrected chi connectivity index (χ2v) is 8.81. The summed E-state index contributed by atoms with van der Waals surface area (Å²) in [5.41, 5.74) is 1.30. The van der Waals surface area contributed by atoms with Gasteiger partial charge in [-0.25, -0.2) is 17.7 Å². The number of piperidine rings is 1. The first-order valence-electron chi connectivity index (χ1n) is 9.27. The molecule has 8 nitrogen and oxygen atoms in total. The molecule has 9 heteroatoms. The lowest BCUT2D eigenvalue weighted by molar-refractivity contribution is 0.0954. The predicted molar refractivity (Wildman–Crippen MR) is 108 cm³/mol. The third kappa shape index (κ3) is 5.49. The van der Waals surface area contributed by atoms with Crippen LogP contribution in [-0.2, 0) is 10.0 Å². The van der Waals surface area contributed by atoms with Gasteiger partial charge in [-0.1, -0.05) is 6.07 Å². The van der Waals surface area contributed by atoms with Crippen molar-refractivity contribution in [3.8, 4) is 0 Å². The van der Waals surface area contributed by atoms with Crippen molar-refractivity contribution in [2.75, 3.05) is 37.8 Å². The van der Waals surface area contributed by atoms with E-state index in [0.717, 1.165) is 24.4 Å². The summed E-state index contributed by atoms with van der Waals surface area (Å²) < 4.78 is 25.0. The van der Waals surface area contributed by atoms with Crippen molar-refractivity contribution in [1.29, 1.82) is 0 Å². The summed E-state index contributed by atoms with van der Waals surface area (Å²) in [6, 6.07) is 9.15. The molecule has 1 saturated heterocycles. The molecule has 1 amide bonds. The molecular formula is C19H25N5O3S. The third-order valence-electron chi connectivity index (χ3n) is 4.70. The molecule has 2 aromatic rings. The van der Waals surface area contributed by atoms with Gasteiger partial charge in [0, 0.05) is 50.2 Å². The van der Waals surface area contributed by atoms with Crippen LogP contribution in [-0.4, -0.2) is 61.0 Å². The van der Waals surface area contributed by atoms with Crippen LogP contribution in [0.25, 0.3) is 0 Å². The number of pyridine rings is 2. The highest BCUT2D eigenvalue weighted by Crippen LogP contribution is 2.26. The first-order chi connectivity index (χ1) is 13.4. The van der Waals surface area contributed by atoms with Crippen molar-refractivity contribution < 1.29 is 13.2 Å². The average molecular weight is 404 g/mol. The van der Waals surface area contributed by atoms with Crippen molar-refractivity contribution in [2.24, 2.45) is 0 Å². The fourth-order valence-electron chi connectivity index (χ4n) is 3.20. The number of rotatable bonds is 7. The standard InChI is InChI=1S/C19H25N5O3S/c1-28(26,27)24-12-4-5-16(14-24)17-8-7-15(13-23-17)19(25)22-11-10-21-18-6-2-3-9-20-18/h2-3,6-9,13,16H,4-5,10-12,14H2,1H3,(H,20,21)(H,22,25)/t16-/m0/s1. The molecule has 0 aromatic carbocycles. The third-order valence-corrected chi connectivity index (χ3v) is 5.97. The molecule has 2 N–H and O–H groups in total. The zero-order valence-electron chi connectivity index (χ0n) is 15.8. The van der Waals surface area contributed by atoms with E-state index in [9.17, 15) is 13.2 Å². The monoisotopic (exact) mass is 403 g/mol. The lowest BCUT2D eigenvalue weighted by Gasteiger charge is -2.30. The Morgan fingerprint density at radius 2 is 2.07 bits per heavy atom. The number of anilines is 1. The first kappa shape index (κ1) is 20.2. The molecule has 0 aliphatic carbocycles. The van der Waals surface area contributed by atoms with Crippen molar-refractivity contribution in [1.82, 2.24) is 19.6 Å². The van der Waals surface area contributed by atoms with Gasteiger partial charge in [-0.15, -0.1) is 0 Å². The largest absolute Gasteiger partial charge is 0.368 e. The predicted octanol–water partition coefficient (Wildman–Crippen LogP) is 1.46. The summed E-state index contributed by atoms with van der Waals surface area (Å²) in [5.74, 6) is 0.629. The summed E-state index contributed by atoms with van der Waals surface area (Å²) in [5, 5.41) is 5.96. The van der Waals surface area contributed by atoms with Crippen LogP contribution in [0, 0.1) is 0 Å². The highest BCUT2D eigenvalue weighted by molar-refractivity contribution is 7.88. The number of sulfonamides is 1. The van der Waals surface area contributed by atoms with E-state index in [1.54, 1.807) is 18.5 Å². The van der Waals surface area contributed by atoms with E-state index in [1.807, 2.05) is 24.3 Å². The van der Waals surface area contributed by atoms with Crippen LogP contribution in [0.2, 0.25) is 0 Å². The molecule has 0 bridgehead atoms. The number of nitrogens with one attached hydrogen (secondary N) is 2. The summed E-state index contributed by atoms with van der Waals surface area (Å²) >= 11 is 0. The van der Waals surface area contributed by atoms with Crippen LogP contribution in [0.3, 0.4) is 0 Å². The van der Waals surface area contributed by atoms with Crippen LogP contribution in [0.15, 0.2) is 42.7 Å². The van der Waals surface area contributed by atoms with Gasteiger partial charge in [0.1, 0.15) is 5.82 Å². The molecule has 0 radical (unpaired) electrons. The molecule has 1 aliphatic rings. The van der Waals surface area contributed by atoms with Gasteiger partial charge in [0.2, 0.25) is 10.0 Å². The highest BCUT2D eigenvalue weighted by atomic mass is 32.2. The maximum absolute atomic E-state index is 12.2. The number of carbonyl (C=O) groups excluding carboxylic acids is 1. The molecule has 150 valence electrons. The summed E-state index contributed by atoms with van der Waals surface area (Å²) in [6.07, 6.45) is 6.19. The lowest BCUT2D eigenvalue weighted by atomic mass is 9.95. The van der Waals surface area contributed by atoms with Gasteiger partial charge in [-0.3, -0.25) is 9.78 Å². The number of hydrogen-bond donors (Lipinski definition) is 2. The van der Waals surface area contributed by atoms with Crippen LogP contribution in [0.1, 0.15) is 34.8 Å². The van der Waals surface area contributed by atoms with Crippen molar-refractivity contribution >= 4 is 21.7 Å². The number of amides is 1. The Kier molecular flexibility index (Phi) is 6.58. The normalized spacial score (nSPS) is 17.8. The molecule has 1 atom stereocenters. The zero-order chi connectivity index (χ0) is 20.0. The SMILES string of the molecule is CS(=O)(=O)N1CCC[C@H](c2ccc(C(=O)NCCNc3ccccn3)cn2)C1. The Bertz CT molecular complexity index is 888. The highest BCUT2D eigenvalue weighted by Gasteiger charge is 2.27. The summed E-state index contributed by atoms with van der Waals surface area (Å²) in [7, 11) is -3.19. The van der Waals surface area contributed by atoms with E-state index in [4.69, 9.17) is 0 Å². The van der Waals surface area contributed by atoms with Gasteiger partial charge in [0.05, 0.1) is 11.8 Å². The van der Waals surface area contributed by atoms with Gasteiger partial charge in [0.15, 0.2) is 0 Å². The number of aromatic nitrogens is 2. The Labute approximate surface area is 165 Å². The summed E-state index contributed by atoms with van der Waals surface area (Å²) in [4.78, 5) is 20.8. The van der Waals surface area contributed by atoms with Gasteiger partial charge in [-0.2, -0.15) is 0 Å². The van der Waals surface area contributed by atoms with Crippen LogP contribution in [0.4, 0.5) is 5.82 Å². The molecule has 28 heavy (non-hydrogen) atoms. The molecule has 2 aromatic heterocycles. The van der Waals surface area contributed by atoms with Crippen molar-refractivity contribution in [3.63, 3.8) is 0 Å². The molecule has 1 aliphatic heterocycles. The fraction of sp³-hybridized carbons (Fsp3) is 0.421. The molecule has 0 saturated carbocycles. The smallest absolute Gasteiger partial charge is 0.252 e. The Morgan fingerprint density at radius 3 is 2.75 bits per heavy atom. The molecule has 0 spiro atoms. The van der Waals surface area contributed by atoms with Gasteiger partial charge in [0.25, 0.3) is 5.91 Å². The minimum Gasteiger partial charge on any atom is -0.368 e. The van der Waals surface area contributed by atoms with E-state index in [1.165, 1.54) is 10.6 Å². The van der Waals surface area contributed by atoms with E-state index >= 15 is 0 Å². The fourth-order valence-corrected chi connectivity index (χ4v) is 4.11. The summed E-state index contributed by atoms with van der Waals surface area (Å²) in [6.45, 7) is 2.03. The maximum Gasteiger partial charge on any atom is 0.252 e. The van der Waals surface area contributed by atoms with Gasteiger partial charge >= 0.3 is 0 Å². The minimum atomic E-state index is -3.19. The topological polar surface area (TPSA) is 104 Å². The first-order valence-corrected chi connectivity index (χ1v) is 11.1. The van der Waals surface area contributed by atoms with Crippen LogP contribution >= 0.6 is 0 Å².